The van der Waals surface area contributed by atoms with Crippen LogP contribution in [0.2, 0.25) is 0 Å². The van der Waals surface area contributed by atoms with E-state index in [1.807, 2.05) is 11.8 Å². The maximum Gasteiger partial charge on any atom is 0.0957 e. The fourth-order valence-corrected chi connectivity index (χ4v) is 3.24. The molecule has 3 heteroatoms. The van der Waals surface area contributed by atoms with E-state index in [9.17, 15) is 0 Å². The van der Waals surface area contributed by atoms with Gasteiger partial charge in [0.2, 0.25) is 0 Å². The molecule has 1 aliphatic rings. The summed E-state index contributed by atoms with van der Waals surface area (Å²) in [6.07, 6.45) is 1.01. The normalized spacial score (nSPS) is 12.8. The lowest BCUT2D eigenvalue weighted by Crippen LogP contribution is -2.15. The summed E-state index contributed by atoms with van der Waals surface area (Å²) < 4.78 is 0. The van der Waals surface area contributed by atoms with Crippen LogP contribution in [0.25, 0.3) is 0 Å². The molecule has 3 rings (SSSR count). The Morgan fingerprint density at radius 1 is 1.06 bits per heavy atom. The first-order valence-corrected chi connectivity index (χ1v) is 6.53. The van der Waals surface area contributed by atoms with Crippen LogP contribution >= 0.6 is 11.8 Å². The monoisotopic (exact) mass is 233 g/mol. The third kappa shape index (κ3) is 2.04. The fraction of sp³-hybridized carbons (Fsp3) is 0.143. The zero-order chi connectivity index (χ0) is 11.8. The summed E-state index contributed by atoms with van der Waals surface area (Å²) in [7, 11) is 7.23. The van der Waals surface area contributed by atoms with E-state index in [0.29, 0.717) is 0 Å². The van der Waals surface area contributed by atoms with Crippen LogP contribution < -0.4 is 5.46 Å². The van der Waals surface area contributed by atoms with Crippen molar-refractivity contribution in [3.63, 3.8) is 0 Å². The van der Waals surface area contributed by atoms with Crippen molar-refractivity contribution in [3.05, 3.63) is 53.1 Å². The van der Waals surface area contributed by atoms with Crippen molar-refractivity contribution < 1.29 is 0 Å². The molecule has 79 valence electrons. The molecule has 2 aromatic rings. The van der Waals surface area contributed by atoms with E-state index < -0.39 is 0 Å². The molecular weight excluding hydrogens is 222 g/mol. The molecule has 0 atom stereocenters. The quantitative estimate of drug-likeness (QED) is 0.581. The van der Waals surface area contributed by atoms with Crippen LogP contribution in [0.1, 0.15) is 16.7 Å². The molecule has 0 spiro atoms. The number of aryl methyl sites for hydroxylation is 1. The molecular formula is C14H11B2S. The van der Waals surface area contributed by atoms with Crippen molar-refractivity contribution in [1.82, 2.24) is 0 Å². The van der Waals surface area contributed by atoms with Crippen molar-refractivity contribution >= 4 is 32.1 Å². The minimum atomic E-state index is 1.01. The van der Waals surface area contributed by atoms with E-state index in [1.165, 1.54) is 26.5 Å². The number of hydrogen-bond donors (Lipinski definition) is 0. The zero-order valence-electron chi connectivity index (χ0n) is 9.73. The molecule has 0 fully saturated rings. The highest BCUT2D eigenvalue weighted by Crippen LogP contribution is 2.39. The molecule has 0 saturated heterocycles. The van der Waals surface area contributed by atoms with E-state index in [-0.39, 0.29) is 0 Å². The highest BCUT2D eigenvalue weighted by atomic mass is 32.2. The molecule has 0 unspecified atom stereocenters. The molecule has 1 heterocycles. The smallest absolute Gasteiger partial charge is 0.0957 e. The van der Waals surface area contributed by atoms with Crippen LogP contribution in [0.15, 0.2) is 46.2 Å². The molecule has 0 saturated carbocycles. The molecule has 0 amide bonds. The van der Waals surface area contributed by atoms with Gasteiger partial charge >= 0.3 is 0 Å². The molecule has 1 aliphatic heterocycles. The first-order chi connectivity index (χ1) is 8.26. The van der Waals surface area contributed by atoms with Crippen molar-refractivity contribution in [1.29, 1.82) is 0 Å². The Hall–Kier alpha value is -1.08. The van der Waals surface area contributed by atoms with E-state index in [1.54, 1.807) is 7.17 Å². The lowest BCUT2D eigenvalue weighted by molar-refractivity contribution is 1.05. The highest BCUT2D eigenvalue weighted by Gasteiger charge is 2.15. The molecule has 0 N–H and O–H groups in total. The molecule has 17 heavy (non-hydrogen) atoms. The molecule has 0 aliphatic carbocycles. The van der Waals surface area contributed by atoms with Gasteiger partial charge in [0.1, 0.15) is 0 Å². The molecule has 3 radical (unpaired) electrons. The minimum absolute atomic E-state index is 1.01. The Morgan fingerprint density at radius 3 is 2.53 bits per heavy atom. The second-order valence-electron chi connectivity index (χ2n) is 4.42. The van der Waals surface area contributed by atoms with Crippen LogP contribution in [0.5, 0.6) is 0 Å². The van der Waals surface area contributed by atoms with Crippen LogP contribution in [0.4, 0.5) is 0 Å². The van der Waals surface area contributed by atoms with Gasteiger partial charge in [-0.3, -0.25) is 0 Å². The van der Waals surface area contributed by atoms with Gasteiger partial charge in [-0.15, -0.1) is 0 Å². The fourth-order valence-electron chi connectivity index (χ4n) is 2.21. The second kappa shape index (κ2) is 4.30. The van der Waals surface area contributed by atoms with Crippen molar-refractivity contribution in [2.24, 2.45) is 0 Å². The Bertz CT molecular complexity index is 578. The predicted octanol–water partition coefficient (Wildman–Crippen LogP) is 2.46. The van der Waals surface area contributed by atoms with Gasteiger partial charge in [0.25, 0.3) is 0 Å². The Morgan fingerprint density at radius 2 is 1.76 bits per heavy atom. The molecule has 0 bridgehead atoms. The summed E-state index contributed by atoms with van der Waals surface area (Å²) in [4.78, 5) is 2.74. The average Bonchev–Trinajstić information content (AvgIpc) is 2.35. The third-order valence-electron chi connectivity index (χ3n) is 3.09. The Kier molecular flexibility index (Phi) is 2.79. The van der Waals surface area contributed by atoms with Gasteiger partial charge in [-0.25, -0.2) is 0 Å². The van der Waals surface area contributed by atoms with Crippen LogP contribution in [-0.2, 0) is 6.42 Å². The van der Waals surface area contributed by atoms with Crippen molar-refractivity contribution in [2.45, 2.75) is 23.1 Å². The highest BCUT2D eigenvalue weighted by molar-refractivity contribution is 7.99. The van der Waals surface area contributed by atoms with Crippen molar-refractivity contribution in [3.8, 4) is 0 Å². The minimum Gasteiger partial charge on any atom is -0.0977 e. The lowest BCUT2D eigenvalue weighted by atomic mass is 9.51. The summed E-state index contributed by atoms with van der Waals surface area (Å²) >= 11 is 1.86. The maximum atomic E-state index is 5.57. The summed E-state index contributed by atoms with van der Waals surface area (Å²) in [6.45, 7) is 2.14. The molecule has 2 aromatic carbocycles. The van der Waals surface area contributed by atoms with Gasteiger partial charge in [-0.2, -0.15) is 0 Å². The maximum absolute atomic E-state index is 5.57. The summed E-state index contributed by atoms with van der Waals surface area (Å²) in [5.41, 5.74) is 5.23. The number of fused-ring (bicyclic) bond motifs is 2. The Balaban J connectivity index is 2.05. The SMILES string of the molecule is [B][B]c1ccc2c(c1)Cc1cc(C)ccc1S2. The van der Waals surface area contributed by atoms with Gasteiger partial charge in [0, 0.05) is 17.5 Å². The Labute approximate surface area is 108 Å². The number of hydrogen-bond acceptors (Lipinski definition) is 1. The lowest BCUT2D eigenvalue weighted by Gasteiger charge is -2.20. The van der Waals surface area contributed by atoms with Gasteiger partial charge in [-0.05, 0) is 36.6 Å². The van der Waals surface area contributed by atoms with Gasteiger partial charge in [0.15, 0.2) is 0 Å². The first-order valence-electron chi connectivity index (χ1n) is 5.71. The summed E-state index contributed by atoms with van der Waals surface area (Å²) in [6, 6.07) is 13.1. The molecule has 0 aromatic heterocycles. The standard InChI is InChI=1S/C14H11B2S/c1-9-2-4-13-10(6-9)7-11-8-12(16-15)3-5-14(11)17-13/h2-6,8H,7H2,1H3. The van der Waals surface area contributed by atoms with Crippen LogP contribution in [-0.4, -0.2) is 14.9 Å². The van der Waals surface area contributed by atoms with Crippen LogP contribution in [0.3, 0.4) is 0 Å². The van der Waals surface area contributed by atoms with Gasteiger partial charge < -0.3 is 0 Å². The van der Waals surface area contributed by atoms with E-state index in [0.717, 1.165) is 11.9 Å². The molecule has 0 nitrogen and oxygen atoms in total. The largest absolute Gasteiger partial charge is 0.0977 e. The summed E-state index contributed by atoms with van der Waals surface area (Å²) in [5.74, 6) is 0. The van der Waals surface area contributed by atoms with Gasteiger partial charge in [-0.1, -0.05) is 47.1 Å². The van der Waals surface area contributed by atoms with E-state index >= 15 is 0 Å². The predicted molar refractivity (Wildman–Crippen MR) is 75.7 cm³/mol. The van der Waals surface area contributed by atoms with Crippen molar-refractivity contribution in [2.75, 3.05) is 0 Å². The van der Waals surface area contributed by atoms with E-state index in [2.05, 4.69) is 43.3 Å². The summed E-state index contributed by atoms with van der Waals surface area (Å²) in [5, 5.41) is 0. The topological polar surface area (TPSA) is 0 Å². The van der Waals surface area contributed by atoms with E-state index in [4.69, 9.17) is 7.74 Å². The third-order valence-corrected chi connectivity index (χ3v) is 4.33. The van der Waals surface area contributed by atoms with Gasteiger partial charge in [0.05, 0.1) is 7.17 Å². The zero-order valence-corrected chi connectivity index (χ0v) is 10.6. The van der Waals surface area contributed by atoms with Crippen LogP contribution in [0, 0.1) is 6.92 Å². The number of rotatable bonds is 1. The average molecular weight is 233 g/mol. The second-order valence-corrected chi connectivity index (χ2v) is 5.51. The number of benzene rings is 2. The first kappa shape index (κ1) is 11.0.